The van der Waals surface area contributed by atoms with Crippen LogP contribution >= 0.6 is 0 Å². The lowest BCUT2D eigenvalue weighted by Crippen LogP contribution is -2.39. The first kappa shape index (κ1) is 25.9. The first-order valence-electron chi connectivity index (χ1n) is 12.2. The summed E-state index contributed by atoms with van der Waals surface area (Å²) in [6.45, 7) is 6.09. The quantitative estimate of drug-likeness (QED) is 0.292. The van der Waals surface area contributed by atoms with Crippen LogP contribution in [0.4, 0.5) is 11.5 Å². The monoisotopic (exact) mass is 495 g/mol. The Morgan fingerprint density at radius 2 is 1.49 bits per heavy atom. The lowest BCUT2D eigenvalue weighted by molar-refractivity contribution is -0.125. The second kappa shape index (κ2) is 10.4. The first-order chi connectivity index (χ1) is 17.6. The molecular formula is C31H33N3O3. The summed E-state index contributed by atoms with van der Waals surface area (Å²) in [6.07, 6.45) is 1.67. The van der Waals surface area contributed by atoms with E-state index in [0.29, 0.717) is 17.9 Å². The molecule has 0 radical (unpaired) electrons. The molecule has 0 N–H and O–H groups in total. The number of aromatic nitrogens is 1. The van der Waals surface area contributed by atoms with Crippen LogP contribution in [-0.4, -0.2) is 38.1 Å². The third-order valence-electron chi connectivity index (χ3n) is 6.32. The molecule has 0 aliphatic rings. The van der Waals surface area contributed by atoms with E-state index in [2.05, 4.69) is 58.4 Å². The Kier molecular flexibility index (Phi) is 7.30. The molecule has 0 aliphatic carbocycles. The van der Waals surface area contributed by atoms with Crippen LogP contribution in [0.25, 0.3) is 21.9 Å². The third-order valence-corrected chi connectivity index (χ3v) is 6.32. The largest absolute Gasteiger partial charge is 0.465 e. The molecule has 0 saturated heterocycles. The molecule has 1 amide bonds. The summed E-state index contributed by atoms with van der Waals surface area (Å²) < 4.78 is 4.86. The second-order valence-electron chi connectivity index (χ2n) is 10.3. The summed E-state index contributed by atoms with van der Waals surface area (Å²) in [5.41, 5.74) is 4.24. The van der Waals surface area contributed by atoms with Crippen LogP contribution in [0.15, 0.2) is 79.0 Å². The van der Waals surface area contributed by atoms with Gasteiger partial charge in [-0.15, -0.1) is 0 Å². The van der Waals surface area contributed by atoms with Crippen molar-refractivity contribution in [2.24, 2.45) is 5.41 Å². The molecule has 6 heteroatoms. The molecule has 0 bridgehead atoms. The Hall–Kier alpha value is -4.19. The summed E-state index contributed by atoms with van der Waals surface area (Å²) in [6, 6.07) is 23.8. The van der Waals surface area contributed by atoms with Crippen molar-refractivity contribution < 1.29 is 14.3 Å². The topological polar surface area (TPSA) is 62.7 Å². The normalized spacial score (nSPS) is 11.3. The Balaban J connectivity index is 1.69. The van der Waals surface area contributed by atoms with E-state index >= 15 is 0 Å². The van der Waals surface area contributed by atoms with E-state index in [1.54, 1.807) is 23.2 Å². The Labute approximate surface area is 218 Å². The molecule has 1 aromatic heterocycles. The lowest BCUT2D eigenvalue weighted by atomic mass is 9.94. The lowest BCUT2D eigenvalue weighted by Gasteiger charge is -2.30. The predicted octanol–water partition coefficient (Wildman–Crippen LogP) is 6.33. The minimum Gasteiger partial charge on any atom is -0.465 e. The number of esters is 1. The fourth-order valence-electron chi connectivity index (χ4n) is 4.21. The number of nitrogens with zero attached hydrogens (tertiary/aromatic N) is 3. The summed E-state index contributed by atoms with van der Waals surface area (Å²) in [4.78, 5) is 34.1. The fraction of sp³-hybridized carbons (Fsp3) is 0.258. The molecule has 1 heterocycles. The number of anilines is 2. The number of pyridine rings is 1. The number of carbonyl (C=O) groups excluding carboxylic acids is 2. The number of benzene rings is 3. The van der Waals surface area contributed by atoms with E-state index in [1.165, 1.54) is 7.11 Å². The van der Waals surface area contributed by atoms with Gasteiger partial charge in [-0.25, -0.2) is 9.78 Å². The van der Waals surface area contributed by atoms with Gasteiger partial charge in [-0.05, 0) is 58.5 Å². The Bertz CT molecular complexity index is 1420. The standard InChI is InChI=1S/C31H33N3O3/c1-31(2,3)30(36)34(28-27-16-13-25(29(35)37-6)19-24(27)17-18-32-28)20-21-7-9-22(10-8-21)23-11-14-26(15-12-23)33(4)5/h7-19H,20H2,1-6H3. The van der Waals surface area contributed by atoms with Crippen molar-refractivity contribution in [1.29, 1.82) is 0 Å². The van der Waals surface area contributed by atoms with Crippen molar-refractivity contribution in [2.45, 2.75) is 27.3 Å². The number of methoxy groups -OCH3 is 1. The Morgan fingerprint density at radius 3 is 2.05 bits per heavy atom. The molecule has 0 fully saturated rings. The molecule has 0 unspecified atom stereocenters. The van der Waals surface area contributed by atoms with Gasteiger partial charge in [-0.2, -0.15) is 0 Å². The highest BCUT2D eigenvalue weighted by Gasteiger charge is 2.30. The van der Waals surface area contributed by atoms with Gasteiger partial charge in [-0.1, -0.05) is 57.2 Å². The summed E-state index contributed by atoms with van der Waals surface area (Å²) >= 11 is 0. The maximum absolute atomic E-state index is 13.6. The molecule has 6 nitrogen and oxygen atoms in total. The van der Waals surface area contributed by atoms with Crippen LogP contribution in [0.3, 0.4) is 0 Å². The van der Waals surface area contributed by atoms with E-state index in [4.69, 9.17) is 4.74 Å². The Morgan fingerprint density at radius 1 is 0.865 bits per heavy atom. The third kappa shape index (κ3) is 5.64. The molecular weight excluding hydrogens is 462 g/mol. The molecule has 0 atom stereocenters. The van der Waals surface area contributed by atoms with Gasteiger partial charge in [0, 0.05) is 36.8 Å². The van der Waals surface area contributed by atoms with E-state index in [-0.39, 0.29) is 5.91 Å². The van der Waals surface area contributed by atoms with Crippen LogP contribution in [-0.2, 0) is 16.1 Å². The van der Waals surface area contributed by atoms with Crippen molar-refractivity contribution in [2.75, 3.05) is 31.0 Å². The van der Waals surface area contributed by atoms with E-state index in [1.807, 2.05) is 47.0 Å². The molecule has 190 valence electrons. The van der Waals surface area contributed by atoms with E-state index in [0.717, 1.165) is 33.2 Å². The van der Waals surface area contributed by atoms with Gasteiger partial charge in [-0.3, -0.25) is 9.69 Å². The van der Waals surface area contributed by atoms with Crippen LogP contribution in [0.1, 0.15) is 36.7 Å². The number of carbonyl (C=O) groups is 2. The first-order valence-corrected chi connectivity index (χ1v) is 12.2. The summed E-state index contributed by atoms with van der Waals surface area (Å²) in [5, 5.41) is 1.61. The van der Waals surface area contributed by atoms with Crippen LogP contribution < -0.4 is 9.80 Å². The van der Waals surface area contributed by atoms with Crippen molar-refractivity contribution >= 4 is 34.2 Å². The highest BCUT2D eigenvalue weighted by Crippen LogP contribution is 2.31. The van der Waals surface area contributed by atoms with Crippen LogP contribution in [0, 0.1) is 5.41 Å². The molecule has 4 aromatic rings. The molecule has 4 rings (SSSR count). The number of ether oxygens (including phenoxy) is 1. The average molecular weight is 496 g/mol. The number of amides is 1. The van der Waals surface area contributed by atoms with Gasteiger partial charge < -0.3 is 9.64 Å². The molecule has 3 aromatic carbocycles. The average Bonchev–Trinajstić information content (AvgIpc) is 2.90. The van der Waals surface area contributed by atoms with E-state index in [9.17, 15) is 9.59 Å². The zero-order valence-corrected chi connectivity index (χ0v) is 22.3. The van der Waals surface area contributed by atoms with Crippen LogP contribution in [0.5, 0.6) is 0 Å². The number of rotatable bonds is 6. The smallest absolute Gasteiger partial charge is 0.337 e. The van der Waals surface area contributed by atoms with Crippen LogP contribution in [0.2, 0.25) is 0 Å². The van der Waals surface area contributed by atoms with Gasteiger partial charge in [0.15, 0.2) is 0 Å². The zero-order valence-electron chi connectivity index (χ0n) is 22.3. The minimum absolute atomic E-state index is 0.0344. The summed E-state index contributed by atoms with van der Waals surface area (Å²) in [7, 11) is 5.41. The van der Waals surface area contributed by atoms with Crippen molar-refractivity contribution in [1.82, 2.24) is 4.98 Å². The van der Waals surface area contributed by atoms with Gasteiger partial charge >= 0.3 is 5.97 Å². The van der Waals surface area contributed by atoms with Crippen molar-refractivity contribution in [3.8, 4) is 11.1 Å². The van der Waals surface area contributed by atoms with Gasteiger partial charge in [0.25, 0.3) is 0 Å². The number of fused-ring (bicyclic) bond motifs is 1. The fourth-order valence-corrected chi connectivity index (χ4v) is 4.21. The van der Waals surface area contributed by atoms with E-state index < -0.39 is 11.4 Å². The van der Waals surface area contributed by atoms with Gasteiger partial charge in [0.05, 0.1) is 19.2 Å². The highest BCUT2D eigenvalue weighted by atomic mass is 16.5. The second-order valence-corrected chi connectivity index (χ2v) is 10.3. The maximum atomic E-state index is 13.6. The minimum atomic E-state index is -0.607. The van der Waals surface area contributed by atoms with Crippen molar-refractivity contribution in [3.63, 3.8) is 0 Å². The molecule has 37 heavy (non-hydrogen) atoms. The molecule has 0 aliphatic heterocycles. The summed E-state index contributed by atoms with van der Waals surface area (Å²) in [5.74, 6) is 0.129. The predicted molar refractivity (Wildman–Crippen MR) is 150 cm³/mol. The maximum Gasteiger partial charge on any atom is 0.337 e. The van der Waals surface area contributed by atoms with Crippen molar-refractivity contribution in [3.05, 3.63) is 90.1 Å². The number of hydrogen-bond acceptors (Lipinski definition) is 5. The van der Waals surface area contributed by atoms with Gasteiger partial charge in [0.2, 0.25) is 5.91 Å². The highest BCUT2D eigenvalue weighted by molar-refractivity contribution is 6.05. The molecule has 0 saturated carbocycles. The molecule has 0 spiro atoms. The number of hydrogen-bond donors (Lipinski definition) is 0. The van der Waals surface area contributed by atoms with Gasteiger partial charge in [0.1, 0.15) is 5.82 Å². The SMILES string of the molecule is COC(=O)c1ccc2c(N(Cc3ccc(-c4ccc(N(C)C)cc4)cc3)C(=O)C(C)(C)C)nccc2c1. The zero-order chi connectivity index (χ0) is 26.7.